The van der Waals surface area contributed by atoms with Crippen molar-refractivity contribution in [3.63, 3.8) is 0 Å². The number of ether oxygens (including phenoxy) is 1. The molecule has 33 heavy (non-hydrogen) atoms. The molecule has 2 saturated carbocycles. The summed E-state index contributed by atoms with van der Waals surface area (Å²) < 4.78 is 6.01. The molecule has 2 aromatic carbocycles. The highest BCUT2D eigenvalue weighted by Crippen LogP contribution is 2.65. The van der Waals surface area contributed by atoms with Crippen LogP contribution in [0.25, 0.3) is 0 Å². The van der Waals surface area contributed by atoms with Gasteiger partial charge >= 0.3 is 0 Å². The van der Waals surface area contributed by atoms with Crippen molar-refractivity contribution in [2.24, 2.45) is 35.5 Å². The van der Waals surface area contributed by atoms with Crippen molar-refractivity contribution in [3.8, 4) is 11.5 Å². The van der Waals surface area contributed by atoms with Crippen LogP contribution in [-0.4, -0.2) is 29.2 Å². The number of nitrogens with one attached hydrogen (secondary N) is 1. The Labute approximate surface area is 192 Å². The molecule has 6 atom stereocenters. The van der Waals surface area contributed by atoms with Crippen LogP contribution in [0.1, 0.15) is 17.5 Å². The van der Waals surface area contributed by atoms with E-state index in [4.69, 9.17) is 4.74 Å². The summed E-state index contributed by atoms with van der Waals surface area (Å²) in [6, 6.07) is 13.1. The summed E-state index contributed by atoms with van der Waals surface area (Å²) in [4.78, 5) is 39.9. The van der Waals surface area contributed by atoms with Gasteiger partial charge in [-0.1, -0.05) is 30.4 Å². The minimum Gasteiger partial charge on any atom is -0.457 e. The number of aryl methyl sites for hydroxylation is 2. The molecule has 2 aromatic rings. The summed E-state index contributed by atoms with van der Waals surface area (Å²) in [7, 11) is 0. The van der Waals surface area contributed by atoms with Gasteiger partial charge in [0.1, 0.15) is 18.0 Å². The van der Waals surface area contributed by atoms with Crippen LogP contribution in [0, 0.1) is 49.4 Å². The number of carbonyl (C=O) groups is 3. The lowest BCUT2D eigenvalue weighted by molar-refractivity contribution is -0.142. The predicted molar refractivity (Wildman–Crippen MR) is 122 cm³/mol. The van der Waals surface area contributed by atoms with Gasteiger partial charge in [0.2, 0.25) is 17.7 Å². The molecule has 7 rings (SSSR count). The SMILES string of the molecule is Cc1cccc(C)c1Oc1ccc(NC(=O)CN2C(=O)[C@@H]3[C@@H]4C=C[C@H]([C@@H]5C[C@H]45)[C@@H]3C2=O)cc1. The van der Waals surface area contributed by atoms with Gasteiger partial charge in [-0.3, -0.25) is 19.3 Å². The molecule has 6 heteroatoms. The average Bonchev–Trinajstić information content (AvgIpc) is 3.59. The minimum absolute atomic E-state index is 0.166. The van der Waals surface area contributed by atoms with Gasteiger partial charge in [0.25, 0.3) is 0 Å². The Balaban J connectivity index is 1.10. The number of nitrogens with zero attached hydrogens (tertiary/aromatic N) is 1. The number of anilines is 1. The monoisotopic (exact) mass is 442 g/mol. The van der Waals surface area contributed by atoms with E-state index in [0.29, 0.717) is 23.3 Å². The first kappa shape index (κ1) is 20.2. The molecule has 6 nitrogen and oxygen atoms in total. The zero-order chi connectivity index (χ0) is 22.9. The Morgan fingerprint density at radius 1 is 0.939 bits per heavy atom. The van der Waals surface area contributed by atoms with Gasteiger partial charge in [-0.05, 0) is 79.3 Å². The number of hydrogen-bond acceptors (Lipinski definition) is 4. The lowest BCUT2D eigenvalue weighted by atomic mass is 9.63. The van der Waals surface area contributed by atoms with Crippen molar-refractivity contribution in [3.05, 3.63) is 65.7 Å². The fourth-order valence-corrected chi connectivity index (χ4v) is 6.20. The lowest BCUT2D eigenvalue weighted by Gasteiger charge is -2.37. The van der Waals surface area contributed by atoms with Crippen molar-refractivity contribution in [1.82, 2.24) is 4.90 Å². The molecule has 1 aliphatic heterocycles. The Kier molecular flexibility index (Phi) is 4.47. The summed E-state index contributed by atoms with van der Waals surface area (Å²) in [5.41, 5.74) is 2.69. The van der Waals surface area contributed by atoms with Gasteiger partial charge in [-0.25, -0.2) is 0 Å². The van der Waals surface area contributed by atoms with Crippen molar-refractivity contribution in [2.45, 2.75) is 20.3 Å². The van der Waals surface area contributed by atoms with Crippen molar-refractivity contribution in [2.75, 3.05) is 11.9 Å². The van der Waals surface area contributed by atoms with Crippen molar-refractivity contribution < 1.29 is 19.1 Å². The fourth-order valence-electron chi connectivity index (χ4n) is 6.20. The van der Waals surface area contributed by atoms with E-state index in [9.17, 15) is 14.4 Å². The topological polar surface area (TPSA) is 75.7 Å². The predicted octanol–water partition coefficient (Wildman–Crippen LogP) is 4.09. The van der Waals surface area contributed by atoms with Gasteiger partial charge < -0.3 is 10.1 Å². The maximum Gasteiger partial charge on any atom is 0.244 e. The second-order valence-electron chi connectivity index (χ2n) is 9.81. The van der Waals surface area contributed by atoms with Crippen LogP contribution in [0.15, 0.2) is 54.6 Å². The van der Waals surface area contributed by atoms with E-state index in [2.05, 4.69) is 17.5 Å². The molecule has 0 unspecified atom stereocenters. The number of hydrogen-bond donors (Lipinski definition) is 1. The third-order valence-electron chi connectivity index (χ3n) is 7.82. The van der Waals surface area contributed by atoms with E-state index in [1.165, 1.54) is 4.90 Å². The number of benzene rings is 2. The second-order valence-corrected chi connectivity index (χ2v) is 9.81. The molecule has 1 heterocycles. The maximum atomic E-state index is 13.0. The minimum atomic E-state index is -0.371. The Hall–Kier alpha value is -3.41. The molecule has 3 amide bonds. The van der Waals surface area contributed by atoms with Crippen LogP contribution in [0.3, 0.4) is 0 Å². The van der Waals surface area contributed by atoms with E-state index in [1.54, 1.807) is 24.3 Å². The Morgan fingerprint density at radius 3 is 2.09 bits per heavy atom. The van der Waals surface area contributed by atoms with E-state index < -0.39 is 0 Å². The van der Waals surface area contributed by atoms with Crippen LogP contribution >= 0.6 is 0 Å². The van der Waals surface area contributed by atoms with Crippen LogP contribution in [0.5, 0.6) is 11.5 Å². The third-order valence-corrected chi connectivity index (χ3v) is 7.82. The van der Waals surface area contributed by atoms with Crippen LogP contribution in [-0.2, 0) is 14.4 Å². The first-order valence-electron chi connectivity index (χ1n) is 11.6. The van der Waals surface area contributed by atoms with Crippen LogP contribution in [0.4, 0.5) is 5.69 Å². The first-order chi connectivity index (χ1) is 15.9. The van der Waals surface area contributed by atoms with Gasteiger partial charge in [-0.2, -0.15) is 0 Å². The summed E-state index contributed by atoms with van der Waals surface area (Å²) in [5.74, 6) is 1.65. The number of amides is 3. The van der Waals surface area contributed by atoms with E-state index in [0.717, 1.165) is 23.3 Å². The molecule has 0 spiro atoms. The van der Waals surface area contributed by atoms with E-state index in [-0.39, 0.29) is 47.9 Å². The molecular formula is C27H26N2O4. The van der Waals surface area contributed by atoms with Crippen molar-refractivity contribution in [1.29, 1.82) is 0 Å². The number of rotatable bonds is 5. The molecule has 0 radical (unpaired) electrons. The van der Waals surface area contributed by atoms with Gasteiger partial charge in [0, 0.05) is 5.69 Å². The fraction of sp³-hybridized carbons (Fsp3) is 0.370. The molecule has 5 aliphatic rings. The van der Waals surface area contributed by atoms with E-state index >= 15 is 0 Å². The first-order valence-corrected chi connectivity index (χ1v) is 11.6. The number of allylic oxidation sites excluding steroid dienone is 2. The molecule has 3 fully saturated rings. The molecular weight excluding hydrogens is 416 g/mol. The third kappa shape index (κ3) is 3.19. The smallest absolute Gasteiger partial charge is 0.244 e. The number of carbonyl (C=O) groups excluding carboxylic acids is 3. The highest BCUT2D eigenvalue weighted by Gasteiger charge is 2.67. The second kappa shape index (κ2) is 7.30. The zero-order valence-corrected chi connectivity index (χ0v) is 18.7. The maximum absolute atomic E-state index is 13.0. The largest absolute Gasteiger partial charge is 0.457 e. The average molecular weight is 443 g/mol. The molecule has 4 aliphatic carbocycles. The van der Waals surface area contributed by atoms with E-state index in [1.807, 2.05) is 32.0 Å². The summed E-state index contributed by atoms with van der Waals surface area (Å²) in [5, 5.41) is 2.80. The van der Waals surface area contributed by atoms with Crippen molar-refractivity contribution >= 4 is 23.4 Å². The normalized spacial score (nSPS) is 30.8. The Bertz CT molecular complexity index is 1140. The van der Waals surface area contributed by atoms with Crippen LogP contribution < -0.4 is 10.1 Å². The molecule has 1 saturated heterocycles. The summed E-state index contributed by atoms with van der Waals surface area (Å²) >= 11 is 0. The lowest BCUT2D eigenvalue weighted by Crippen LogP contribution is -2.40. The highest BCUT2D eigenvalue weighted by molar-refractivity contribution is 6.09. The molecule has 1 N–H and O–H groups in total. The summed E-state index contributed by atoms with van der Waals surface area (Å²) in [6.07, 6.45) is 5.40. The standard InChI is InChI=1S/C27H26N2O4/c1-14-4-3-5-15(2)25(14)33-17-8-6-16(7-9-17)28-22(30)13-29-26(31)23-18-10-11-19(21-12-20(18)21)24(23)27(29)32/h3-11,18-21,23-24H,12-13H2,1-2H3,(H,28,30)/t18-,19-,20-,21+,23-,24+/m1/s1. The number of imide groups is 1. The zero-order valence-electron chi connectivity index (χ0n) is 18.7. The van der Waals surface area contributed by atoms with Gasteiger partial charge in [0.15, 0.2) is 0 Å². The summed E-state index contributed by atoms with van der Waals surface area (Å²) in [6.45, 7) is 3.76. The number of para-hydroxylation sites is 1. The highest BCUT2D eigenvalue weighted by atomic mass is 16.5. The van der Waals surface area contributed by atoms with Gasteiger partial charge in [-0.15, -0.1) is 0 Å². The number of likely N-dealkylation sites (tertiary alicyclic amines) is 1. The van der Waals surface area contributed by atoms with Gasteiger partial charge in [0.05, 0.1) is 11.8 Å². The Morgan fingerprint density at radius 2 is 1.52 bits per heavy atom. The quantitative estimate of drug-likeness (QED) is 0.559. The molecule has 0 aromatic heterocycles. The van der Waals surface area contributed by atoms with Crippen LogP contribution in [0.2, 0.25) is 0 Å². The molecule has 168 valence electrons. The molecule has 2 bridgehead atoms.